The van der Waals surface area contributed by atoms with Gasteiger partial charge in [-0.1, -0.05) is 11.6 Å². The molecule has 2 aliphatic rings. The molecule has 2 aliphatic carbocycles. The van der Waals surface area contributed by atoms with Crippen LogP contribution in [-0.2, 0) is 19.6 Å². The zero-order valence-electron chi connectivity index (χ0n) is 11.4. The van der Waals surface area contributed by atoms with E-state index in [4.69, 9.17) is 16.3 Å². The van der Waals surface area contributed by atoms with E-state index >= 15 is 0 Å². The molecule has 2 fully saturated rings. The van der Waals surface area contributed by atoms with Crippen LogP contribution in [0.3, 0.4) is 0 Å². The van der Waals surface area contributed by atoms with Crippen molar-refractivity contribution >= 4 is 38.9 Å². The van der Waals surface area contributed by atoms with Crippen LogP contribution in [0, 0.1) is 11.8 Å². The van der Waals surface area contributed by atoms with Gasteiger partial charge in [0.05, 0.1) is 4.34 Å². The van der Waals surface area contributed by atoms with Crippen LogP contribution >= 0.6 is 22.9 Å². The summed E-state index contributed by atoms with van der Waals surface area (Å²) in [4.78, 5) is 11.1. The molecule has 2 bridgehead atoms. The summed E-state index contributed by atoms with van der Waals surface area (Å²) in [5.41, 5.74) is 0. The highest BCUT2D eigenvalue weighted by atomic mass is 35.5. The average Bonchev–Trinajstić information content (AvgIpc) is 3.04. The van der Waals surface area contributed by atoms with Crippen molar-refractivity contribution in [1.29, 1.82) is 0 Å². The van der Waals surface area contributed by atoms with Crippen molar-refractivity contribution in [1.82, 2.24) is 4.72 Å². The number of hydrogen-bond acceptors (Lipinski definition) is 5. The predicted octanol–water partition coefficient (Wildman–Crippen LogP) is 2.41. The summed E-state index contributed by atoms with van der Waals surface area (Å²) < 4.78 is 33.5. The fourth-order valence-corrected chi connectivity index (χ4v) is 6.34. The number of thiophene rings is 1. The second kappa shape index (κ2) is 5.53. The van der Waals surface area contributed by atoms with E-state index in [-0.39, 0.29) is 34.2 Å². The van der Waals surface area contributed by atoms with Gasteiger partial charge in [0.2, 0.25) is 10.0 Å². The van der Waals surface area contributed by atoms with Crippen LogP contribution in [0.4, 0.5) is 0 Å². The Morgan fingerprint density at radius 3 is 2.81 bits per heavy atom. The minimum Gasteiger partial charge on any atom is -0.462 e. The van der Waals surface area contributed by atoms with E-state index in [9.17, 15) is 13.2 Å². The van der Waals surface area contributed by atoms with E-state index in [1.807, 2.05) is 0 Å². The maximum atomic E-state index is 12.4. The molecule has 0 aromatic carbocycles. The first-order valence-corrected chi connectivity index (χ1v) is 9.49. The molecule has 3 rings (SSSR count). The van der Waals surface area contributed by atoms with E-state index in [2.05, 4.69) is 4.72 Å². The van der Waals surface area contributed by atoms with Gasteiger partial charge in [0.25, 0.3) is 0 Å². The Bertz CT molecular complexity index is 657. The minimum absolute atomic E-state index is 0.0732. The zero-order valence-corrected chi connectivity index (χ0v) is 13.8. The number of fused-ring (bicyclic) bond motifs is 2. The summed E-state index contributed by atoms with van der Waals surface area (Å²) in [6.45, 7) is 1.39. The molecule has 5 nitrogen and oxygen atoms in total. The van der Waals surface area contributed by atoms with Gasteiger partial charge in [-0.2, -0.15) is 0 Å². The maximum absolute atomic E-state index is 12.4. The second-order valence-corrected chi connectivity index (χ2v) is 9.25. The van der Waals surface area contributed by atoms with Crippen molar-refractivity contribution in [2.75, 3.05) is 0 Å². The zero-order chi connectivity index (χ0) is 15.2. The van der Waals surface area contributed by atoms with Gasteiger partial charge in [0.1, 0.15) is 10.3 Å². The molecule has 0 radical (unpaired) electrons. The third-order valence-electron chi connectivity index (χ3n) is 4.27. The Hall–Kier alpha value is -0.630. The molecule has 0 amide bonds. The summed E-state index contributed by atoms with van der Waals surface area (Å²) >= 11 is 6.84. The van der Waals surface area contributed by atoms with Crippen molar-refractivity contribution in [3.63, 3.8) is 0 Å². The monoisotopic (exact) mass is 349 g/mol. The molecule has 116 valence electrons. The lowest BCUT2D eigenvalue weighted by atomic mass is 9.98. The van der Waals surface area contributed by atoms with Gasteiger partial charge in [-0.3, -0.25) is 4.79 Å². The third-order valence-corrected chi connectivity index (χ3v) is 7.46. The second-order valence-electron chi connectivity index (χ2n) is 5.59. The molecule has 1 aromatic rings. The molecule has 0 spiro atoms. The molecule has 0 aliphatic heterocycles. The topological polar surface area (TPSA) is 72.5 Å². The van der Waals surface area contributed by atoms with Crippen LogP contribution in [-0.4, -0.2) is 26.5 Å². The standard InChI is InChI=1S/C13H16ClNO4S2/c1-7(16)19-10-6-8-2-3-9(10)13(8)15-21(17,18)12-5-4-11(14)20-12/h4-5,8-10,13,15H,2-3,6H2,1H3. The number of rotatable bonds is 4. The van der Waals surface area contributed by atoms with Crippen LogP contribution < -0.4 is 4.72 Å². The van der Waals surface area contributed by atoms with Crippen LogP contribution in [0.1, 0.15) is 26.2 Å². The number of nitrogens with one attached hydrogen (secondary N) is 1. The molecular weight excluding hydrogens is 334 g/mol. The number of carbonyl (C=O) groups excluding carboxylic acids is 1. The summed E-state index contributed by atoms with van der Waals surface area (Å²) in [7, 11) is -3.56. The number of esters is 1. The summed E-state index contributed by atoms with van der Waals surface area (Å²) in [5, 5.41) is 0. The fourth-order valence-electron chi connectivity index (χ4n) is 3.48. The highest BCUT2D eigenvalue weighted by Gasteiger charge is 2.51. The summed E-state index contributed by atoms with van der Waals surface area (Å²) in [5.74, 6) is 0.00728. The first kappa shape index (κ1) is 15.3. The van der Waals surface area contributed by atoms with E-state index in [1.54, 1.807) is 6.07 Å². The van der Waals surface area contributed by atoms with Crippen molar-refractivity contribution in [2.24, 2.45) is 11.8 Å². The third kappa shape index (κ3) is 2.97. The van der Waals surface area contributed by atoms with Gasteiger partial charge in [0.15, 0.2) is 0 Å². The van der Waals surface area contributed by atoms with E-state index in [1.165, 1.54) is 13.0 Å². The van der Waals surface area contributed by atoms with Crippen LogP contribution in [0.25, 0.3) is 0 Å². The number of hydrogen-bond donors (Lipinski definition) is 1. The van der Waals surface area contributed by atoms with Crippen LogP contribution in [0.15, 0.2) is 16.3 Å². The Labute approximate surface area is 132 Å². The number of ether oxygens (including phenoxy) is 1. The molecule has 4 atom stereocenters. The SMILES string of the molecule is CC(=O)OC1CC2CCC1C2NS(=O)(=O)c1ccc(Cl)s1. The summed E-state index contributed by atoms with van der Waals surface area (Å²) in [6, 6.07) is 2.93. The van der Waals surface area contributed by atoms with Gasteiger partial charge >= 0.3 is 5.97 Å². The first-order chi connectivity index (χ1) is 9.87. The van der Waals surface area contributed by atoms with E-state index in [0.717, 1.165) is 30.6 Å². The molecular formula is C13H16ClNO4S2. The lowest BCUT2D eigenvalue weighted by Crippen LogP contribution is -2.39. The van der Waals surface area contributed by atoms with Crippen LogP contribution in [0.2, 0.25) is 4.34 Å². The van der Waals surface area contributed by atoms with Crippen molar-refractivity contribution in [3.05, 3.63) is 16.5 Å². The number of halogens is 1. The minimum atomic E-state index is -3.56. The van der Waals surface area contributed by atoms with Crippen molar-refractivity contribution in [2.45, 2.75) is 42.5 Å². The number of sulfonamides is 1. The Kier molecular flexibility index (Phi) is 4.02. The fraction of sp³-hybridized carbons (Fsp3) is 0.615. The van der Waals surface area contributed by atoms with Gasteiger partial charge in [0, 0.05) is 18.9 Å². The summed E-state index contributed by atoms with van der Waals surface area (Å²) in [6.07, 6.45) is 2.44. The smallest absolute Gasteiger partial charge is 0.302 e. The molecule has 4 unspecified atom stereocenters. The molecule has 1 heterocycles. The molecule has 21 heavy (non-hydrogen) atoms. The predicted molar refractivity (Wildman–Crippen MR) is 79.8 cm³/mol. The van der Waals surface area contributed by atoms with Crippen molar-refractivity contribution < 1.29 is 17.9 Å². The Balaban J connectivity index is 1.75. The lowest BCUT2D eigenvalue weighted by molar-refractivity contribution is -0.148. The molecule has 8 heteroatoms. The van der Waals surface area contributed by atoms with E-state index < -0.39 is 10.0 Å². The van der Waals surface area contributed by atoms with Gasteiger partial charge in [-0.15, -0.1) is 11.3 Å². The molecule has 0 saturated heterocycles. The quantitative estimate of drug-likeness (QED) is 0.847. The van der Waals surface area contributed by atoms with E-state index in [0.29, 0.717) is 4.34 Å². The lowest BCUT2D eigenvalue weighted by Gasteiger charge is -2.22. The van der Waals surface area contributed by atoms with Gasteiger partial charge in [-0.25, -0.2) is 13.1 Å². The maximum Gasteiger partial charge on any atom is 0.302 e. The Morgan fingerprint density at radius 1 is 1.43 bits per heavy atom. The Morgan fingerprint density at radius 2 is 2.19 bits per heavy atom. The normalized spacial score (nSPS) is 31.5. The highest BCUT2D eigenvalue weighted by molar-refractivity contribution is 7.91. The van der Waals surface area contributed by atoms with Crippen LogP contribution in [0.5, 0.6) is 0 Å². The number of carbonyl (C=O) groups is 1. The molecule has 1 aromatic heterocycles. The van der Waals surface area contributed by atoms with Crippen molar-refractivity contribution in [3.8, 4) is 0 Å². The van der Waals surface area contributed by atoms with Gasteiger partial charge < -0.3 is 4.74 Å². The average molecular weight is 350 g/mol. The first-order valence-electron chi connectivity index (χ1n) is 6.82. The van der Waals surface area contributed by atoms with Gasteiger partial charge in [-0.05, 0) is 37.3 Å². The molecule has 2 saturated carbocycles. The highest BCUT2D eigenvalue weighted by Crippen LogP contribution is 2.47. The molecule has 1 N–H and O–H groups in total. The largest absolute Gasteiger partial charge is 0.462 e.